The van der Waals surface area contributed by atoms with Gasteiger partial charge in [-0.3, -0.25) is 4.79 Å². The summed E-state index contributed by atoms with van der Waals surface area (Å²) in [5.74, 6) is -0.0424. The van der Waals surface area contributed by atoms with Gasteiger partial charge in [0.25, 0.3) is 0 Å². The molecule has 0 saturated heterocycles. The van der Waals surface area contributed by atoms with Crippen molar-refractivity contribution in [3.63, 3.8) is 0 Å². The molecule has 0 bridgehead atoms. The number of rotatable bonds is 4. The average molecular weight is 373 g/mol. The van der Waals surface area contributed by atoms with E-state index >= 15 is 0 Å². The van der Waals surface area contributed by atoms with Gasteiger partial charge in [-0.25, -0.2) is 14.4 Å². The lowest BCUT2D eigenvalue weighted by atomic mass is 10.0. The molecule has 0 aliphatic rings. The second kappa shape index (κ2) is 6.66. The molecule has 0 aliphatic heterocycles. The monoisotopic (exact) mass is 372 g/mol. The normalized spacial score (nSPS) is 10.3. The van der Waals surface area contributed by atoms with Crippen molar-refractivity contribution < 1.29 is 13.9 Å². The van der Waals surface area contributed by atoms with E-state index in [1.807, 2.05) is 0 Å². The first-order valence-electron chi connectivity index (χ1n) is 6.67. The highest BCUT2D eigenvalue weighted by Gasteiger charge is 2.09. The molecule has 4 nitrogen and oxygen atoms in total. The van der Waals surface area contributed by atoms with Crippen molar-refractivity contribution in [3.8, 4) is 11.8 Å². The van der Waals surface area contributed by atoms with Crippen molar-refractivity contribution in [1.82, 2.24) is 9.97 Å². The summed E-state index contributed by atoms with van der Waals surface area (Å²) in [6.07, 6.45) is 3.16. The molecule has 0 N–H and O–H groups in total. The molecule has 0 atom stereocenters. The van der Waals surface area contributed by atoms with Crippen LogP contribution in [0.2, 0.25) is 0 Å². The molecule has 0 amide bonds. The maximum absolute atomic E-state index is 12.9. The Morgan fingerprint density at radius 3 is 2.00 bits per heavy atom. The van der Waals surface area contributed by atoms with Gasteiger partial charge in [0, 0.05) is 23.5 Å². The number of hydrogen-bond donors (Lipinski definition) is 0. The van der Waals surface area contributed by atoms with Crippen LogP contribution in [0.4, 0.5) is 4.39 Å². The third-order valence-corrected chi connectivity index (χ3v) is 3.44. The Morgan fingerprint density at radius 1 is 0.913 bits per heavy atom. The van der Waals surface area contributed by atoms with E-state index < -0.39 is 0 Å². The zero-order chi connectivity index (χ0) is 16.2. The minimum Gasteiger partial charge on any atom is -0.424 e. The van der Waals surface area contributed by atoms with E-state index in [0.717, 1.165) is 4.47 Å². The van der Waals surface area contributed by atoms with Crippen molar-refractivity contribution >= 4 is 21.7 Å². The molecular formula is C17H10BrFN2O2. The Kier molecular flexibility index (Phi) is 4.43. The fraction of sp³-hybridized carbons (Fsp3) is 0. The second-order valence-electron chi connectivity index (χ2n) is 4.65. The maximum atomic E-state index is 12.9. The lowest BCUT2D eigenvalue weighted by Gasteiger charge is -2.05. The van der Waals surface area contributed by atoms with Crippen LogP contribution in [0.5, 0.6) is 11.8 Å². The quantitative estimate of drug-likeness (QED) is 0.636. The predicted octanol–water partition coefficient (Wildman–Crippen LogP) is 4.40. The summed E-state index contributed by atoms with van der Waals surface area (Å²) in [7, 11) is 0. The van der Waals surface area contributed by atoms with Crippen LogP contribution in [0.15, 0.2) is 65.4 Å². The molecule has 3 aromatic rings. The van der Waals surface area contributed by atoms with Gasteiger partial charge in [0.1, 0.15) is 11.6 Å². The van der Waals surface area contributed by atoms with Crippen LogP contribution in [-0.2, 0) is 0 Å². The Hall–Kier alpha value is -2.60. The van der Waals surface area contributed by atoms with Crippen LogP contribution >= 0.6 is 15.9 Å². The molecule has 2 aromatic carbocycles. The summed E-state index contributed by atoms with van der Waals surface area (Å²) in [5.41, 5.74) is 0.914. The highest BCUT2D eigenvalue weighted by atomic mass is 79.9. The molecule has 3 rings (SSSR count). The summed E-state index contributed by atoms with van der Waals surface area (Å²) in [4.78, 5) is 20.3. The van der Waals surface area contributed by atoms with Gasteiger partial charge in [-0.1, -0.05) is 0 Å². The van der Waals surface area contributed by atoms with Gasteiger partial charge in [-0.2, -0.15) is 0 Å². The lowest BCUT2D eigenvalue weighted by Crippen LogP contribution is -2.01. The largest absolute Gasteiger partial charge is 0.424 e. The first-order chi connectivity index (χ1) is 11.1. The number of halogens is 2. The zero-order valence-electron chi connectivity index (χ0n) is 11.7. The van der Waals surface area contributed by atoms with E-state index in [0.29, 0.717) is 16.9 Å². The molecule has 0 fully saturated rings. The van der Waals surface area contributed by atoms with Crippen LogP contribution in [0.3, 0.4) is 0 Å². The van der Waals surface area contributed by atoms with Crippen LogP contribution in [0.25, 0.3) is 0 Å². The molecule has 1 aromatic heterocycles. The van der Waals surface area contributed by atoms with Gasteiger partial charge in [0.15, 0.2) is 5.78 Å². The molecule has 6 heteroatoms. The van der Waals surface area contributed by atoms with Gasteiger partial charge in [0.05, 0.1) is 4.47 Å². The fourth-order valence-corrected chi connectivity index (χ4v) is 2.11. The third kappa shape index (κ3) is 3.78. The minimum atomic E-state index is -0.375. The third-order valence-electron chi connectivity index (χ3n) is 3.03. The number of benzene rings is 2. The van der Waals surface area contributed by atoms with E-state index in [1.54, 1.807) is 36.7 Å². The minimum absolute atomic E-state index is 0.184. The average Bonchev–Trinajstić information content (AvgIpc) is 2.58. The predicted molar refractivity (Wildman–Crippen MR) is 86.1 cm³/mol. The highest BCUT2D eigenvalue weighted by Crippen LogP contribution is 2.20. The number of carbonyl (C=O) groups excluding carboxylic acids is 1. The molecular weight excluding hydrogens is 363 g/mol. The van der Waals surface area contributed by atoms with E-state index in [4.69, 9.17) is 4.74 Å². The van der Waals surface area contributed by atoms with Crippen molar-refractivity contribution in [2.24, 2.45) is 0 Å². The fourth-order valence-electron chi connectivity index (χ4n) is 1.90. The topological polar surface area (TPSA) is 52.1 Å². The smallest absolute Gasteiger partial charge is 0.321 e. The van der Waals surface area contributed by atoms with Gasteiger partial charge >= 0.3 is 6.01 Å². The Morgan fingerprint density at radius 2 is 1.43 bits per heavy atom. The number of hydrogen-bond acceptors (Lipinski definition) is 4. The van der Waals surface area contributed by atoms with Gasteiger partial charge in [-0.05, 0) is 64.5 Å². The molecule has 0 aliphatic carbocycles. The molecule has 0 radical (unpaired) electrons. The number of aromatic nitrogens is 2. The lowest BCUT2D eigenvalue weighted by molar-refractivity contribution is 0.103. The molecule has 0 spiro atoms. The Bertz CT molecular complexity index is 819. The molecule has 0 unspecified atom stereocenters. The van der Waals surface area contributed by atoms with Crippen molar-refractivity contribution in [3.05, 3.63) is 82.3 Å². The zero-order valence-corrected chi connectivity index (χ0v) is 13.3. The SMILES string of the molecule is O=C(c1ccc(F)cc1)c1ccc(Oc2ncc(Br)cn2)cc1. The van der Waals surface area contributed by atoms with Crippen LogP contribution in [0.1, 0.15) is 15.9 Å². The summed E-state index contributed by atoms with van der Waals surface area (Å²) >= 11 is 3.24. The van der Waals surface area contributed by atoms with Crippen molar-refractivity contribution in [2.45, 2.75) is 0 Å². The van der Waals surface area contributed by atoms with Crippen LogP contribution < -0.4 is 4.74 Å². The van der Waals surface area contributed by atoms with E-state index in [-0.39, 0.29) is 17.6 Å². The number of carbonyl (C=O) groups is 1. The molecule has 114 valence electrons. The van der Waals surface area contributed by atoms with Gasteiger partial charge in [-0.15, -0.1) is 0 Å². The Labute approximate surface area is 140 Å². The van der Waals surface area contributed by atoms with E-state index in [1.165, 1.54) is 24.3 Å². The number of ketones is 1. The summed E-state index contributed by atoms with van der Waals surface area (Å²) in [6.45, 7) is 0. The maximum Gasteiger partial charge on any atom is 0.321 e. The summed E-state index contributed by atoms with van der Waals surface area (Å²) in [5, 5.41) is 0. The van der Waals surface area contributed by atoms with E-state index in [9.17, 15) is 9.18 Å². The number of ether oxygens (including phenoxy) is 1. The standard InChI is InChI=1S/C17H10BrFN2O2/c18-13-9-20-17(21-10-13)23-15-7-3-12(4-8-15)16(22)11-1-5-14(19)6-2-11/h1-10H. The number of nitrogens with zero attached hydrogens (tertiary/aromatic N) is 2. The first kappa shape index (κ1) is 15.3. The first-order valence-corrected chi connectivity index (χ1v) is 7.47. The van der Waals surface area contributed by atoms with E-state index in [2.05, 4.69) is 25.9 Å². The highest BCUT2D eigenvalue weighted by molar-refractivity contribution is 9.10. The van der Waals surface area contributed by atoms with Crippen molar-refractivity contribution in [2.75, 3.05) is 0 Å². The van der Waals surface area contributed by atoms with Gasteiger partial charge in [0.2, 0.25) is 0 Å². The van der Waals surface area contributed by atoms with Crippen LogP contribution in [-0.4, -0.2) is 15.8 Å². The van der Waals surface area contributed by atoms with Gasteiger partial charge < -0.3 is 4.74 Å². The second-order valence-corrected chi connectivity index (χ2v) is 5.56. The van der Waals surface area contributed by atoms with Crippen LogP contribution in [0, 0.1) is 5.82 Å². The molecule has 1 heterocycles. The molecule has 23 heavy (non-hydrogen) atoms. The Balaban J connectivity index is 1.75. The molecule has 0 saturated carbocycles. The summed E-state index contributed by atoms with van der Waals surface area (Å²) in [6, 6.07) is 12.2. The van der Waals surface area contributed by atoms with Crippen molar-refractivity contribution in [1.29, 1.82) is 0 Å². The summed E-state index contributed by atoms with van der Waals surface area (Å²) < 4.78 is 19.1.